The molecule has 0 radical (unpaired) electrons. The number of hydrogen-bond acceptors (Lipinski definition) is 4. The van der Waals surface area contributed by atoms with Crippen molar-refractivity contribution in [2.75, 3.05) is 38.4 Å². The van der Waals surface area contributed by atoms with Crippen molar-refractivity contribution in [3.05, 3.63) is 18.2 Å². The van der Waals surface area contributed by atoms with Crippen LogP contribution in [0.2, 0.25) is 0 Å². The van der Waals surface area contributed by atoms with Crippen molar-refractivity contribution >= 4 is 17.3 Å². The second kappa shape index (κ2) is 5.25. The van der Waals surface area contributed by atoms with E-state index in [9.17, 15) is 4.79 Å². The largest absolute Gasteiger partial charge is 0.497 e. The van der Waals surface area contributed by atoms with Crippen molar-refractivity contribution in [2.45, 2.75) is 0 Å². The predicted octanol–water partition coefficient (Wildman–Crippen LogP) is 0.460. The van der Waals surface area contributed by atoms with Gasteiger partial charge < -0.3 is 20.7 Å². The van der Waals surface area contributed by atoms with Gasteiger partial charge in [-0.3, -0.25) is 4.79 Å². The number of nitrogens with two attached hydrogens (primary N) is 1. The van der Waals surface area contributed by atoms with Crippen LogP contribution < -0.4 is 20.7 Å². The van der Waals surface area contributed by atoms with Gasteiger partial charge in [0, 0.05) is 37.6 Å². The number of rotatable bonds is 4. The molecule has 1 amide bonds. The highest BCUT2D eigenvalue weighted by Crippen LogP contribution is 2.24. The number of amides is 1. The number of hydrogen-bond donors (Lipinski definition) is 2. The topological polar surface area (TPSA) is 67.6 Å². The number of nitrogens with zero attached hydrogens (tertiary/aromatic N) is 1. The third-order valence-corrected chi connectivity index (χ3v) is 2.25. The number of carbonyl (C=O) groups is 1. The Hall–Kier alpha value is -1.91. The average Bonchev–Trinajstić information content (AvgIpc) is 2.27. The molecule has 0 saturated carbocycles. The van der Waals surface area contributed by atoms with Crippen molar-refractivity contribution in [2.24, 2.45) is 0 Å². The molecule has 88 valence electrons. The highest BCUT2D eigenvalue weighted by atomic mass is 16.5. The van der Waals surface area contributed by atoms with Crippen LogP contribution in [0.3, 0.4) is 0 Å². The van der Waals surface area contributed by atoms with E-state index in [4.69, 9.17) is 10.5 Å². The van der Waals surface area contributed by atoms with E-state index in [1.165, 1.54) is 0 Å². The first-order valence-corrected chi connectivity index (χ1v) is 4.93. The molecule has 0 heterocycles. The maximum Gasteiger partial charge on any atom is 0.239 e. The van der Waals surface area contributed by atoms with Gasteiger partial charge in [-0.05, 0) is 6.07 Å². The molecule has 1 rings (SSSR count). The molecule has 0 aliphatic rings. The summed E-state index contributed by atoms with van der Waals surface area (Å²) >= 11 is 0. The van der Waals surface area contributed by atoms with Crippen molar-refractivity contribution < 1.29 is 9.53 Å². The molecule has 1 aromatic rings. The van der Waals surface area contributed by atoms with Crippen LogP contribution in [0.25, 0.3) is 0 Å². The van der Waals surface area contributed by atoms with Gasteiger partial charge in [0.05, 0.1) is 13.7 Å². The third kappa shape index (κ3) is 3.05. The van der Waals surface area contributed by atoms with Gasteiger partial charge >= 0.3 is 0 Å². The van der Waals surface area contributed by atoms with Gasteiger partial charge in [-0.25, -0.2) is 0 Å². The fourth-order valence-corrected chi connectivity index (χ4v) is 1.33. The quantitative estimate of drug-likeness (QED) is 0.728. The minimum absolute atomic E-state index is 0.0520. The van der Waals surface area contributed by atoms with Crippen molar-refractivity contribution in [3.8, 4) is 5.75 Å². The Morgan fingerprint density at radius 3 is 2.75 bits per heavy atom. The summed E-state index contributed by atoms with van der Waals surface area (Å²) in [7, 11) is 5.01. The summed E-state index contributed by atoms with van der Waals surface area (Å²) in [5.74, 6) is 0.627. The molecule has 3 N–H and O–H groups in total. The summed E-state index contributed by atoms with van der Waals surface area (Å²) in [6.07, 6.45) is 0. The first-order chi connectivity index (χ1) is 7.56. The van der Waals surface area contributed by atoms with Crippen LogP contribution in [0.4, 0.5) is 11.4 Å². The molecule has 0 spiro atoms. The molecule has 0 aliphatic carbocycles. The van der Waals surface area contributed by atoms with E-state index in [2.05, 4.69) is 5.32 Å². The lowest BCUT2D eigenvalue weighted by Crippen LogP contribution is -2.32. The zero-order chi connectivity index (χ0) is 12.1. The van der Waals surface area contributed by atoms with Crippen LogP contribution in [0, 0.1) is 0 Å². The number of nitrogen functional groups attached to an aromatic ring is 1. The SMILES string of the molecule is CNC(=O)CN(C)c1cc(N)cc(OC)c1. The van der Waals surface area contributed by atoms with E-state index >= 15 is 0 Å². The standard InChI is InChI=1S/C11H17N3O2/c1-13-11(15)7-14(2)9-4-8(12)5-10(6-9)16-3/h4-6H,7,12H2,1-3H3,(H,13,15). The van der Waals surface area contributed by atoms with Gasteiger partial charge in [-0.2, -0.15) is 0 Å². The molecule has 0 aliphatic heterocycles. The molecular formula is C11H17N3O2. The molecule has 16 heavy (non-hydrogen) atoms. The number of benzene rings is 1. The smallest absolute Gasteiger partial charge is 0.239 e. The van der Waals surface area contributed by atoms with Gasteiger partial charge in [0.2, 0.25) is 5.91 Å². The molecule has 0 saturated heterocycles. The van der Waals surface area contributed by atoms with Crippen LogP contribution in [-0.4, -0.2) is 33.7 Å². The molecule has 0 aromatic heterocycles. The van der Waals surface area contributed by atoms with Crippen molar-refractivity contribution in [1.29, 1.82) is 0 Å². The lowest BCUT2D eigenvalue weighted by Gasteiger charge is -2.19. The monoisotopic (exact) mass is 223 g/mol. The second-order valence-corrected chi connectivity index (χ2v) is 3.49. The highest BCUT2D eigenvalue weighted by molar-refractivity contribution is 5.81. The zero-order valence-electron chi connectivity index (χ0n) is 9.78. The fraction of sp³-hybridized carbons (Fsp3) is 0.364. The van der Waals surface area contributed by atoms with Crippen LogP contribution in [-0.2, 0) is 4.79 Å². The summed E-state index contributed by atoms with van der Waals surface area (Å²) in [6.45, 7) is 0.281. The van der Waals surface area contributed by atoms with E-state index in [0.717, 1.165) is 5.69 Å². The van der Waals surface area contributed by atoms with Gasteiger partial charge in [-0.1, -0.05) is 0 Å². The van der Waals surface area contributed by atoms with Gasteiger partial charge in [0.1, 0.15) is 5.75 Å². The Kier molecular flexibility index (Phi) is 3.99. The van der Waals surface area contributed by atoms with Crippen molar-refractivity contribution in [3.63, 3.8) is 0 Å². The normalized spacial score (nSPS) is 9.69. The number of anilines is 2. The molecule has 0 atom stereocenters. The first-order valence-electron chi connectivity index (χ1n) is 4.93. The van der Waals surface area contributed by atoms with Crippen LogP contribution in [0.1, 0.15) is 0 Å². The Labute approximate surface area is 95.2 Å². The third-order valence-electron chi connectivity index (χ3n) is 2.25. The number of likely N-dealkylation sites (N-methyl/N-ethyl adjacent to an activating group) is 2. The van der Waals surface area contributed by atoms with E-state index in [1.807, 2.05) is 13.1 Å². The second-order valence-electron chi connectivity index (χ2n) is 3.49. The molecule has 0 fully saturated rings. The minimum Gasteiger partial charge on any atom is -0.497 e. The lowest BCUT2D eigenvalue weighted by atomic mass is 10.2. The Balaban J connectivity index is 2.86. The molecule has 0 unspecified atom stereocenters. The van der Waals surface area contributed by atoms with Crippen LogP contribution >= 0.6 is 0 Å². The summed E-state index contributed by atoms with van der Waals surface area (Å²) in [4.78, 5) is 13.0. The zero-order valence-corrected chi connectivity index (χ0v) is 9.78. The van der Waals surface area contributed by atoms with Crippen LogP contribution in [0.15, 0.2) is 18.2 Å². The van der Waals surface area contributed by atoms with Gasteiger partial charge in [0.25, 0.3) is 0 Å². The fourth-order valence-electron chi connectivity index (χ4n) is 1.33. The molecule has 5 heteroatoms. The minimum atomic E-state index is -0.0520. The van der Waals surface area contributed by atoms with E-state index in [1.54, 1.807) is 31.2 Å². The Bertz CT molecular complexity index is 379. The van der Waals surface area contributed by atoms with Crippen LogP contribution in [0.5, 0.6) is 5.75 Å². The first kappa shape index (κ1) is 12.2. The summed E-state index contributed by atoms with van der Waals surface area (Å²) in [5.41, 5.74) is 7.19. The maximum absolute atomic E-state index is 11.2. The Morgan fingerprint density at radius 1 is 1.50 bits per heavy atom. The summed E-state index contributed by atoms with van der Waals surface area (Å²) in [6, 6.07) is 5.36. The predicted molar refractivity (Wildman–Crippen MR) is 64.7 cm³/mol. The number of ether oxygens (including phenoxy) is 1. The maximum atomic E-state index is 11.2. The summed E-state index contributed by atoms with van der Waals surface area (Å²) in [5, 5.41) is 2.57. The van der Waals surface area contributed by atoms with E-state index < -0.39 is 0 Å². The van der Waals surface area contributed by atoms with Gasteiger partial charge in [-0.15, -0.1) is 0 Å². The van der Waals surface area contributed by atoms with E-state index in [-0.39, 0.29) is 12.5 Å². The highest BCUT2D eigenvalue weighted by Gasteiger charge is 2.07. The Morgan fingerprint density at radius 2 is 2.19 bits per heavy atom. The van der Waals surface area contributed by atoms with Crippen molar-refractivity contribution in [1.82, 2.24) is 5.32 Å². The molecule has 0 bridgehead atoms. The van der Waals surface area contributed by atoms with E-state index in [0.29, 0.717) is 11.4 Å². The number of carbonyl (C=O) groups excluding carboxylic acids is 1. The summed E-state index contributed by atoms with van der Waals surface area (Å²) < 4.78 is 5.11. The molecular weight excluding hydrogens is 206 g/mol. The van der Waals surface area contributed by atoms with Gasteiger partial charge in [0.15, 0.2) is 0 Å². The molecule has 5 nitrogen and oxygen atoms in total. The number of nitrogens with one attached hydrogen (secondary N) is 1. The molecule has 1 aromatic carbocycles. The average molecular weight is 223 g/mol. The number of methoxy groups -OCH3 is 1. The lowest BCUT2D eigenvalue weighted by molar-refractivity contribution is -0.119.